The molecule has 0 unspecified atom stereocenters. The maximum Gasteiger partial charge on any atom is 0.312 e. The van der Waals surface area contributed by atoms with E-state index >= 15 is 0 Å². The van der Waals surface area contributed by atoms with E-state index in [-0.39, 0.29) is 5.97 Å². The Morgan fingerprint density at radius 2 is 1.80 bits per heavy atom. The molecular weight excluding hydrogens is 192 g/mol. The number of hydrogen-bond acceptors (Lipinski definition) is 4. The molecule has 1 heterocycles. The highest BCUT2D eigenvalue weighted by Gasteiger charge is 2.31. The molecule has 0 aromatic carbocycles. The summed E-state index contributed by atoms with van der Waals surface area (Å²) in [6.45, 7) is 8.91. The van der Waals surface area contributed by atoms with Crippen molar-refractivity contribution in [3.63, 3.8) is 0 Å². The molecule has 0 amide bonds. The molecule has 15 heavy (non-hydrogen) atoms. The molecule has 88 valence electrons. The minimum Gasteiger partial charge on any atom is -0.469 e. The standard InChI is InChI=1S/C11H22N2O2/c1-11(2,10(14)15-4)9-13-7-5-12(3)6-8-13/h5-9H2,1-4H3. The molecule has 0 spiro atoms. The number of esters is 1. The van der Waals surface area contributed by atoms with Gasteiger partial charge >= 0.3 is 5.97 Å². The second-order valence-corrected chi connectivity index (χ2v) is 4.95. The second kappa shape index (κ2) is 4.94. The molecule has 0 aromatic rings. The number of piperazine rings is 1. The Kier molecular flexibility index (Phi) is 4.11. The molecular formula is C11H22N2O2. The number of rotatable bonds is 3. The van der Waals surface area contributed by atoms with Crippen molar-refractivity contribution < 1.29 is 9.53 Å². The third-order valence-corrected chi connectivity index (χ3v) is 2.95. The van der Waals surface area contributed by atoms with Gasteiger partial charge in [-0.3, -0.25) is 9.69 Å². The number of hydrogen-bond donors (Lipinski definition) is 0. The lowest BCUT2D eigenvalue weighted by molar-refractivity contribution is -0.152. The first kappa shape index (κ1) is 12.5. The molecule has 1 rings (SSSR count). The third kappa shape index (κ3) is 3.47. The van der Waals surface area contributed by atoms with Crippen LogP contribution in [-0.4, -0.2) is 62.7 Å². The minimum absolute atomic E-state index is 0.124. The van der Waals surface area contributed by atoms with Crippen molar-refractivity contribution in [2.45, 2.75) is 13.8 Å². The van der Waals surface area contributed by atoms with Gasteiger partial charge in [0.05, 0.1) is 12.5 Å². The summed E-state index contributed by atoms with van der Waals surface area (Å²) >= 11 is 0. The molecule has 0 atom stereocenters. The number of carbonyl (C=O) groups excluding carboxylic acids is 1. The van der Waals surface area contributed by atoms with Gasteiger partial charge in [-0.1, -0.05) is 0 Å². The van der Waals surface area contributed by atoms with Crippen LogP contribution in [0.2, 0.25) is 0 Å². The van der Waals surface area contributed by atoms with Crippen molar-refractivity contribution in [2.75, 3.05) is 46.9 Å². The summed E-state index contributed by atoms with van der Waals surface area (Å²) in [5, 5.41) is 0. The maximum absolute atomic E-state index is 11.5. The first-order valence-corrected chi connectivity index (χ1v) is 5.45. The van der Waals surface area contributed by atoms with E-state index in [1.165, 1.54) is 7.11 Å². The molecule has 1 fully saturated rings. The van der Waals surface area contributed by atoms with Crippen molar-refractivity contribution in [1.82, 2.24) is 9.80 Å². The highest BCUT2D eigenvalue weighted by Crippen LogP contribution is 2.19. The topological polar surface area (TPSA) is 32.8 Å². The second-order valence-electron chi connectivity index (χ2n) is 4.95. The maximum atomic E-state index is 11.5. The fourth-order valence-electron chi connectivity index (χ4n) is 1.91. The molecule has 1 aliphatic heterocycles. The summed E-state index contributed by atoms with van der Waals surface area (Å²) in [6, 6.07) is 0. The van der Waals surface area contributed by atoms with Crippen LogP contribution in [0.4, 0.5) is 0 Å². The van der Waals surface area contributed by atoms with Gasteiger partial charge in [0, 0.05) is 32.7 Å². The highest BCUT2D eigenvalue weighted by atomic mass is 16.5. The van der Waals surface area contributed by atoms with E-state index in [1.807, 2.05) is 13.8 Å². The number of carbonyl (C=O) groups is 1. The number of methoxy groups -OCH3 is 1. The Morgan fingerprint density at radius 1 is 1.27 bits per heavy atom. The Morgan fingerprint density at radius 3 is 2.27 bits per heavy atom. The molecule has 0 aliphatic carbocycles. The van der Waals surface area contributed by atoms with Crippen LogP contribution < -0.4 is 0 Å². The van der Waals surface area contributed by atoms with Gasteiger partial charge < -0.3 is 9.64 Å². The van der Waals surface area contributed by atoms with Crippen LogP contribution >= 0.6 is 0 Å². The lowest BCUT2D eigenvalue weighted by atomic mass is 9.92. The quantitative estimate of drug-likeness (QED) is 0.638. The Bertz CT molecular complexity index is 221. The van der Waals surface area contributed by atoms with Crippen LogP contribution in [-0.2, 0) is 9.53 Å². The number of ether oxygens (including phenoxy) is 1. The third-order valence-electron chi connectivity index (χ3n) is 2.95. The van der Waals surface area contributed by atoms with Crippen LogP contribution in [0.15, 0.2) is 0 Å². The predicted molar refractivity (Wildman–Crippen MR) is 59.7 cm³/mol. The van der Waals surface area contributed by atoms with E-state index in [9.17, 15) is 4.79 Å². The first-order chi connectivity index (χ1) is 6.95. The number of likely N-dealkylation sites (N-methyl/N-ethyl adjacent to an activating group) is 1. The monoisotopic (exact) mass is 214 g/mol. The Hall–Kier alpha value is -0.610. The zero-order valence-corrected chi connectivity index (χ0v) is 10.2. The van der Waals surface area contributed by atoms with Crippen molar-refractivity contribution in [3.8, 4) is 0 Å². The van der Waals surface area contributed by atoms with Gasteiger partial charge in [0.25, 0.3) is 0 Å². The van der Waals surface area contributed by atoms with Gasteiger partial charge in [-0.25, -0.2) is 0 Å². The summed E-state index contributed by atoms with van der Waals surface area (Å²) in [5.74, 6) is -0.124. The van der Waals surface area contributed by atoms with Gasteiger partial charge in [0.2, 0.25) is 0 Å². The summed E-state index contributed by atoms with van der Waals surface area (Å²) < 4.78 is 4.80. The highest BCUT2D eigenvalue weighted by molar-refractivity contribution is 5.76. The average molecular weight is 214 g/mol. The van der Waals surface area contributed by atoms with Gasteiger partial charge in [0.15, 0.2) is 0 Å². The fourth-order valence-corrected chi connectivity index (χ4v) is 1.91. The zero-order chi connectivity index (χ0) is 11.5. The van der Waals surface area contributed by atoms with Crippen molar-refractivity contribution >= 4 is 5.97 Å². The molecule has 1 aliphatic rings. The number of nitrogens with zero attached hydrogens (tertiary/aromatic N) is 2. The van der Waals surface area contributed by atoms with Crippen LogP contribution in [0.25, 0.3) is 0 Å². The summed E-state index contributed by atoms with van der Waals surface area (Å²) in [5.41, 5.74) is -0.398. The lowest BCUT2D eigenvalue weighted by Gasteiger charge is -2.36. The average Bonchev–Trinajstić information content (AvgIpc) is 2.20. The normalized spacial score (nSPS) is 20.3. The molecule has 0 radical (unpaired) electrons. The SMILES string of the molecule is COC(=O)C(C)(C)CN1CCN(C)CC1. The van der Waals surface area contributed by atoms with Crippen molar-refractivity contribution in [3.05, 3.63) is 0 Å². The predicted octanol–water partition coefficient (Wildman–Crippen LogP) is 0.433. The summed E-state index contributed by atoms with van der Waals surface area (Å²) in [7, 11) is 3.58. The van der Waals surface area contributed by atoms with Crippen LogP contribution in [0, 0.1) is 5.41 Å². The smallest absolute Gasteiger partial charge is 0.312 e. The molecule has 4 nitrogen and oxygen atoms in total. The Labute approximate surface area is 92.2 Å². The van der Waals surface area contributed by atoms with Crippen molar-refractivity contribution in [1.29, 1.82) is 0 Å². The lowest BCUT2D eigenvalue weighted by Crippen LogP contribution is -2.49. The van der Waals surface area contributed by atoms with Gasteiger partial charge in [-0.05, 0) is 20.9 Å². The van der Waals surface area contributed by atoms with E-state index in [1.54, 1.807) is 0 Å². The van der Waals surface area contributed by atoms with Gasteiger partial charge in [-0.15, -0.1) is 0 Å². The minimum atomic E-state index is -0.398. The summed E-state index contributed by atoms with van der Waals surface area (Å²) in [4.78, 5) is 16.1. The van der Waals surface area contributed by atoms with Crippen LogP contribution in [0.5, 0.6) is 0 Å². The van der Waals surface area contributed by atoms with E-state index in [0.717, 1.165) is 32.7 Å². The Balaban J connectivity index is 2.43. The van der Waals surface area contributed by atoms with Gasteiger partial charge in [-0.2, -0.15) is 0 Å². The van der Waals surface area contributed by atoms with E-state index in [0.29, 0.717) is 0 Å². The van der Waals surface area contributed by atoms with Crippen LogP contribution in [0.1, 0.15) is 13.8 Å². The van der Waals surface area contributed by atoms with E-state index in [4.69, 9.17) is 4.74 Å². The first-order valence-electron chi connectivity index (χ1n) is 5.45. The summed E-state index contributed by atoms with van der Waals surface area (Å²) in [6.07, 6.45) is 0. The largest absolute Gasteiger partial charge is 0.469 e. The fraction of sp³-hybridized carbons (Fsp3) is 0.909. The van der Waals surface area contributed by atoms with E-state index < -0.39 is 5.41 Å². The van der Waals surface area contributed by atoms with Crippen LogP contribution in [0.3, 0.4) is 0 Å². The molecule has 0 bridgehead atoms. The van der Waals surface area contributed by atoms with Crippen molar-refractivity contribution in [2.24, 2.45) is 5.41 Å². The molecule has 0 saturated carbocycles. The zero-order valence-electron chi connectivity index (χ0n) is 10.2. The molecule has 1 saturated heterocycles. The molecule has 4 heteroatoms. The molecule has 0 aromatic heterocycles. The van der Waals surface area contributed by atoms with E-state index in [2.05, 4.69) is 16.8 Å². The van der Waals surface area contributed by atoms with Gasteiger partial charge in [0.1, 0.15) is 0 Å². The molecule has 0 N–H and O–H groups in total.